The molecule has 6 nitrogen and oxygen atoms in total. The molecule has 1 N–H and O–H groups in total. The number of hydrogen-bond acceptors (Lipinski definition) is 6. The van der Waals surface area contributed by atoms with Crippen LogP contribution in [0.1, 0.15) is 18.1 Å². The number of nitrogens with one attached hydrogen (secondary N) is 1. The highest BCUT2D eigenvalue weighted by Crippen LogP contribution is 2.16. The van der Waals surface area contributed by atoms with Crippen molar-refractivity contribution in [1.82, 2.24) is 15.5 Å². The summed E-state index contributed by atoms with van der Waals surface area (Å²) in [5.41, 5.74) is 0. The minimum atomic E-state index is 0.293. The summed E-state index contributed by atoms with van der Waals surface area (Å²) in [6.07, 6.45) is 2.70. The highest BCUT2D eigenvalue weighted by molar-refractivity contribution is 4.92. The van der Waals surface area contributed by atoms with E-state index >= 15 is 0 Å². The molecule has 0 amide bonds. The number of ether oxygens (including phenoxy) is 2. The van der Waals surface area contributed by atoms with Crippen molar-refractivity contribution in [2.75, 3.05) is 33.0 Å². The van der Waals surface area contributed by atoms with Crippen molar-refractivity contribution < 1.29 is 14.0 Å². The number of rotatable bonds is 4. The van der Waals surface area contributed by atoms with E-state index in [2.05, 4.69) is 15.5 Å². The summed E-state index contributed by atoms with van der Waals surface area (Å²) in [6, 6.07) is 0.293. The van der Waals surface area contributed by atoms with E-state index in [1.54, 1.807) is 0 Å². The Labute approximate surface area is 106 Å². The second-order valence-corrected chi connectivity index (χ2v) is 4.97. The van der Waals surface area contributed by atoms with E-state index in [-0.39, 0.29) is 0 Å². The Hall–Kier alpha value is -0.980. The highest BCUT2D eigenvalue weighted by Gasteiger charge is 2.21. The van der Waals surface area contributed by atoms with E-state index in [9.17, 15) is 0 Å². The van der Waals surface area contributed by atoms with Gasteiger partial charge in [-0.2, -0.15) is 4.98 Å². The molecule has 2 aliphatic rings. The first kappa shape index (κ1) is 12.1. The fraction of sp³-hybridized carbons (Fsp3) is 0.833. The molecule has 18 heavy (non-hydrogen) atoms. The van der Waals surface area contributed by atoms with E-state index in [0.29, 0.717) is 24.5 Å². The summed E-state index contributed by atoms with van der Waals surface area (Å²) < 4.78 is 16.0. The molecule has 2 aliphatic heterocycles. The van der Waals surface area contributed by atoms with Gasteiger partial charge in [0.05, 0.1) is 13.2 Å². The van der Waals surface area contributed by atoms with Crippen LogP contribution >= 0.6 is 0 Å². The SMILES string of the molecule is C1COCC(Cc2nc(CC3CCOC3)no2)N1. The van der Waals surface area contributed by atoms with Gasteiger partial charge < -0.3 is 19.3 Å². The molecule has 3 rings (SSSR count). The van der Waals surface area contributed by atoms with Crippen LogP contribution in [0.15, 0.2) is 4.52 Å². The van der Waals surface area contributed by atoms with Crippen LogP contribution in [0.25, 0.3) is 0 Å². The molecular formula is C12H19N3O3. The Morgan fingerprint density at radius 2 is 2.11 bits per heavy atom. The number of nitrogens with zero attached hydrogens (tertiary/aromatic N) is 2. The molecule has 6 heteroatoms. The van der Waals surface area contributed by atoms with Gasteiger partial charge in [-0.1, -0.05) is 5.16 Å². The van der Waals surface area contributed by atoms with E-state index < -0.39 is 0 Å². The first-order chi connectivity index (χ1) is 8.90. The minimum absolute atomic E-state index is 0.293. The maximum Gasteiger partial charge on any atom is 0.228 e. The average molecular weight is 253 g/mol. The Kier molecular flexibility index (Phi) is 3.87. The zero-order chi connectivity index (χ0) is 12.2. The fourth-order valence-electron chi connectivity index (χ4n) is 2.42. The van der Waals surface area contributed by atoms with E-state index in [1.807, 2.05) is 0 Å². The second-order valence-electron chi connectivity index (χ2n) is 4.97. The second kappa shape index (κ2) is 5.77. The lowest BCUT2D eigenvalue weighted by atomic mass is 10.1. The third-order valence-corrected chi connectivity index (χ3v) is 3.42. The summed E-state index contributed by atoms with van der Waals surface area (Å²) in [6.45, 7) is 4.08. The Bertz CT molecular complexity index is 370. The van der Waals surface area contributed by atoms with Crippen LogP contribution < -0.4 is 5.32 Å². The summed E-state index contributed by atoms with van der Waals surface area (Å²) in [7, 11) is 0. The predicted molar refractivity (Wildman–Crippen MR) is 63.2 cm³/mol. The number of aromatic nitrogens is 2. The van der Waals surface area contributed by atoms with Crippen LogP contribution in [0.2, 0.25) is 0 Å². The summed E-state index contributed by atoms with van der Waals surface area (Å²) in [5.74, 6) is 2.05. The molecule has 0 radical (unpaired) electrons. The van der Waals surface area contributed by atoms with Crippen LogP contribution in [0.5, 0.6) is 0 Å². The Morgan fingerprint density at radius 1 is 1.17 bits per heavy atom. The predicted octanol–water partition coefficient (Wildman–Crippen LogP) is 0.180. The summed E-state index contributed by atoms with van der Waals surface area (Å²) in [5, 5.41) is 7.41. The lowest BCUT2D eigenvalue weighted by molar-refractivity contribution is 0.0744. The molecular weight excluding hydrogens is 234 g/mol. The quantitative estimate of drug-likeness (QED) is 0.825. The van der Waals surface area contributed by atoms with E-state index in [1.165, 1.54) is 0 Å². The Morgan fingerprint density at radius 3 is 2.89 bits per heavy atom. The molecule has 0 bridgehead atoms. The highest BCUT2D eigenvalue weighted by atomic mass is 16.5. The van der Waals surface area contributed by atoms with Crippen molar-refractivity contribution in [3.05, 3.63) is 11.7 Å². The van der Waals surface area contributed by atoms with Crippen LogP contribution in [-0.2, 0) is 22.3 Å². The van der Waals surface area contributed by atoms with Crippen LogP contribution in [0, 0.1) is 5.92 Å². The van der Waals surface area contributed by atoms with Gasteiger partial charge in [0.25, 0.3) is 0 Å². The molecule has 0 spiro atoms. The molecule has 1 aromatic rings. The molecule has 2 saturated heterocycles. The van der Waals surface area contributed by atoms with Crippen LogP contribution in [0.3, 0.4) is 0 Å². The van der Waals surface area contributed by atoms with E-state index in [0.717, 1.165) is 51.5 Å². The molecule has 3 heterocycles. The third kappa shape index (κ3) is 3.07. The topological polar surface area (TPSA) is 69.4 Å². The molecule has 100 valence electrons. The van der Waals surface area contributed by atoms with Crippen molar-refractivity contribution in [3.63, 3.8) is 0 Å². The zero-order valence-corrected chi connectivity index (χ0v) is 10.4. The molecule has 0 aromatic carbocycles. The molecule has 1 aromatic heterocycles. The smallest absolute Gasteiger partial charge is 0.228 e. The normalized spacial score (nSPS) is 28.7. The van der Waals surface area contributed by atoms with Gasteiger partial charge >= 0.3 is 0 Å². The first-order valence-electron chi connectivity index (χ1n) is 6.60. The van der Waals surface area contributed by atoms with Crippen molar-refractivity contribution >= 4 is 0 Å². The first-order valence-corrected chi connectivity index (χ1v) is 6.60. The summed E-state index contributed by atoms with van der Waals surface area (Å²) in [4.78, 5) is 4.44. The van der Waals surface area contributed by atoms with Crippen molar-refractivity contribution in [2.45, 2.75) is 25.3 Å². The van der Waals surface area contributed by atoms with E-state index in [4.69, 9.17) is 14.0 Å². The van der Waals surface area contributed by atoms with Gasteiger partial charge in [-0.05, 0) is 12.3 Å². The maximum absolute atomic E-state index is 5.40. The zero-order valence-electron chi connectivity index (χ0n) is 10.4. The van der Waals surface area contributed by atoms with Crippen LogP contribution in [0.4, 0.5) is 0 Å². The molecule has 0 aliphatic carbocycles. The minimum Gasteiger partial charge on any atom is -0.381 e. The summed E-state index contributed by atoms with van der Waals surface area (Å²) >= 11 is 0. The standard InChI is InChI=1S/C12H19N3O3/c1-3-16-7-9(1)5-11-14-12(18-15-11)6-10-8-17-4-2-13-10/h9-10,13H,1-8H2. The van der Waals surface area contributed by atoms with Gasteiger partial charge in [0, 0.05) is 38.6 Å². The van der Waals surface area contributed by atoms with Gasteiger partial charge in [-0.3, -0.25) is 0 Å². The Balaban J connectivity index is 1.52. The average Bonchev–Trinajstić information content (AvgIpc) is 3.03. The molecule has 0 saturated carbocycles. The lowest BCUT2D eigenvalue weighted by Crippen LogP contribution is -2.42. The number of morpholine rings is 1. The van der Waals surface area contributed by atoms with Gasteiger partial charge in [-0.25, -0.2) is 0 Å². The maximum atomic E-state index is 5.40. The monoisotopic (exact) mass is 253 g/mol. The van der Waals surface area contributed by atoms with Gasteiger partial charge in [0.2, 0.25) is 5.89 Å². The van der Waals surface area contributed by atoms with Crippen molar-refractivity contribution in [2.24, 2.45) is 5.92 Å². The third-order valence-electron chi connectivity index (χ3n) is 3.42. The molecule has 2 fully saturated rings. The number of hydrogen-bond donors (Lipinski definition) is 1. The van der Waals surface area contributed by atoms with Crippen molar-refractivity contribution in [3.8, 4) is 0 Å². The van der Waals surface area contributed by atoms with Crippen LogP contribution in [-0.4, -0.2) is 49.2 Å². The van der Waals surface area contributed by atoms with Gasteiger partial charge in [0.15, 0.2) is 5.82 Å². The van der Waals surface area contributed by atoms with Crippen molar-refractivity contribution in [1.29, 1.82) is 0 Å². The molecule has 2 unspecified atom stereocenters. The molecule has 2 atom stereocenters. The van der Waals surface area contributed by atoms with Gasteiger partial charge in [0.1, 0.15) is 0 Å². The lowest BCUT2D eigenvalue weighted by Gasteiger charge is -2.22. The fourth-order valence-corrected chi connectivity index (χ4v) is 2.42. The van der Waals surface area contributed by atoms with Gasteiger partial charge in [-0.15, -0.1) is 0 Å². The largest absolute Gasteiger partial charge is 0.381 e.